The fourth-order valence-electron chi connectivity index (χ4n) is 2.02. The lowest BCUT2D eigenvalue weighted by molar-refractivity contribution is 1.21. The third kappa shape index (κ3) is 1.33. The van der Waals surface area contributed by atoms with Gasteiger partial charge in [-0.3, -0.25) is 0 Å². The summed E-state index contributed by atoms with van der Waals surface area (Å²) in [4.78, 5) is 1.03. The van der Waals surface area contributed by atoms with E-state index < -0.39 is 0 Å². The lowest BCUT2D eigenvalue weighted by Crippen LogP contribution is -1.92. The minimum absolute atomic E-state index is 0.625. The number of anilines is 1. The molecule has 3 heterocycles. The molecular weight excluding hydrogens is 230 g/mol. The van der Waals surface area contributed by atoms with Crippen molar-refractivity contribution in [2.45, 2.75) is 0 Å². The van der Waals surface area contributed by atoms with E-state index in [-0.39, 0.29) is 0 Å². The number of nitrogen functional groups attached to an aromatic ring is 1. The van der Waals surface area contributed by atoms with E-state index in [1.165, 1.54) is 0 Å². The normalized spacial score (nSPS) is 10.5. The molecule has 0 aromatic carbocycles. The first-order chi connectivity index (χ1) is 8.33. The first kappa shape index (κ1) is 9.94. The van der Waals surface area contributed by atoms with Crippen LogP contribution < -0.4 is 5.73 Å². The van der Waals surface area contributed by atoms with Crippen molar-refractivity contribution >= 4 is 22.7 Å². The van der Waals surface area contributed by atoms with E-state index in [4.69, 9.17) is 5.73 Å². The van der Waals surface area contributed by atoms with Crippen LogP contribution in [0.25, 0.3) is 16.0 Å². The van der Waals surface area contributed by atoms with Crippen molar-refractivity contribution in [3.8, 4) is 16.5 Å². The summed E-state index contributed by atoms with van der Waals surface area (Å²) in [6.07, 6.45) is 1.88. The van der Waals surface area contributed by atoms with Crippen molar-refractivity contribution in [3.63, 3.8) is 0 Å². The predicted octanol–water partition coefficient (Wildman–Crippen LogP) is 3.12. The highest BCUT2D eigenvalue weighted by atomic mass is 32.1. The van der Waals surface area contributed by atoms with Crippen LogP contribution in [0.5, 0.6) is 0 Å². The first-order valence-corrected chi connectivity index (χ1v) is 6.03. The average molecular weight is 239 g/mol. The highest BCUT2D eigenvalue weighted by Crippen LogP contribution is 2.36. The summed E-state index contributed by atoms with van der Waals surface area (Å²) < 4.78 is 1.85. The predicted molar refractivity (Wildman–Crippen MR) is 69.8 cm³/mol. The quantitative estimate of drug-likeness (QED) is 0.709. The Morgan fingerprint density at radius 2 is 2.12 bits per heavy atom. The Kier molecular flexibility index (Phi) is 2.13. The number of nitrogens with zero attached hydrogens (tertiary/aromatic N) is 2. The van der Waals surface area contributed by atoms with Gasteiger partial charge in [-0.2, -0.15) is 5.26 Å². The molecule has 82 valence electrons. The molecule has 0 atom stereocenters. The van der Waals surface area contributed by atoms with Crippen LogP contribution in [0.2, 0.25) is 0 Å². The molecule has 0 fully saturated rings. The molecular formula is C13H9N3S. The molecule has 0 saturated carbocycles. The van der Waals surface area contributed by atoms with Crippen LogP contribution in [-0.4, -0.2) is 4.40 Å². The minimum atomic E-state index is 0.625. The maximum absolute atomic E-state index is 9.31. The second-order valence-electron chi connectivity index (χ2n) is 3.68. The van der Waals surface area contributed by atoms with E-state index in [0.29, 0.717) is 11.4 Å². The van der Waals surface area contributed by atoms with Crippen molar-refractivity contribution in [3.05, 3.63) is 47.5 Å². The highest BCUT2D eigenvalue weighted by molar-refractivity contribution is 7.13. The monoisotopic (exact) mass is 239 g/mol. The number of fused-ring (bicyclic) bond motifs is 1. The number of rotatable bonds is 1. The van der Waals surface area contributed by atoms with Crippen LogP contribution >= 0.6 is 11.3 Å². The van der Waals surface area contributed by atoms with Crippen molar-refractivity contribution < 1.29 is 0 Å². The van der Waals surface area contributed by atoms with Crippen LogP contribution in [-0.2, 0) is 0 Å². The number of thiophene rings is 1. The molecule has 0 aliphatic heterocycles. The molecule has 0 aliphatic rings. The summed E-state index contributed by atoms with van der Waals surface area (Å²) in [5.74, 6) is 0.625. The summed E-state index contributed by atoms with van der Waals surface area (Å²) >= 11 is 1.59. The van der Waals surface area contributed by atoms with Gasteiger partial charge in [-0.25, -0.2) is 0 Å². The van der Waals surface area contributed by atoms with Gasteiger partial charge < -0.3 is 10.1 Å². The van der Waals surface area contributed by atoms with Crippen LogP contribution in [0.1, 0.15) is 5.56 Å². The molecule has 4 heteroatoms. The third-order valence-electron chi connectivity index (χ3n) is 2.76. The average Bonchev–Trinajstić information content (AvgIpc) is 2.96. The Hall–Kier alpha value is -2.25. The molecule has 0 bridgehead atoms. The molecule has 0 amide bonds. The third-order valence-corrected chi connectivity index (χ3v) is 3.65. The van der Waals surface area contributed by atoms with Gasteiger partial charge in [0.25, 0.3) is 0 Å². The molecule has 3 rings (SSSR count). The molecule has 0 unspecified atom stereocenters. The Morgan fingerprint density at radius 1 is 1.24 bits per heavy atom. The second kappa shape index (κ2) is 3.65. The number of nitrogens with two attached hydrogens (primary N) is 1. The molecule has 0 saturated heterocycles. The van der Waals surface area contributed by atoms with E-state index in [0.717, 1.165) is 16.0 Å². The molecule has 2 N–H and O–H groups in total. The molecule has 3 aromatic rings. The molecule has 17 heavy (non-hydrogen) atoms. The van der Waals surface area contributed by atoms with E-state index >= 15 is 0 Å². The van der Waals surface area contributed by atoms with Gasteiger partial charge in [0.2, 0.25) is 0 Å². The van der Waals surface area contributed by atoms with Crippen LogP contribution in [0.15, 0.2) is 41.9 Å². The van der Waals surface area contributed by atoms with Crippen LogP contribution in [0.4, 0.5) is 5.82 Å². The summed E-state index contributed by atoms with van der Waals surface area (Å²) in [5.41, 5.74) is 8.47. The summed E-state index contributed by atoms with van der Waals surface area (Å²) in [6.45, 7) is 0. The van der Waals surface area contributed by atoms with Gasteiger partial charge in [0.05, 0.1) is 16.6 Å². The van der Waals surface area contributed by atoms with Gasteiger partial charge in [-0.15, -0.1) is 11.3 Å². The molecule has 0 aliphatic carbocycles. The van der Waals surface area contributed by atoms with Gasteiger partial charge in [-0.1, -0.05) is 12.1 Å². The van der Waals surface area contributed by atoms with Crippen LogP contribution in [0, 0.1) is 11.3 Å². The maximum Gasteiger partial charge on any atom is 0.118 e. The zero-order chi connectivity index (χ0) is 11.8. The van der Waals surface area contributed by atoms with E-state index in [2.05, 4.69) is 6.07 Å². The van der Waals surface area contributed by atoms with Gasteiger partial charge in [0.1, 0.15) is 11.9 Å². The van der Waals surface area contributed by atoms with Gasteiger partial charge in [0, 0.05) is 11.1 Å². The summed E-state index contributed by atoms with van der Waals surface area (Å²) in [5, 5.41) is 11.3. The van der Waals surface area contributed by atoms with Crippen molar-refractivity contribution in [2.24, 2.45) is 0 Å². The number of aromatic nitrogens is 1. The van der Waals surface area contributed by atoms with Crippen LogP contribution in [0.3, 0.4) is 0 Å². The van der Waals surface area contributed by atoms with Gasteiger partial charge in [0.15, 0.2) is 0 Å². The number of pyridine rings is 1. The lowest BCUT2D eigenvalue weighted by atomic mass is 10.1. The molecule has 0 spiro atoms. The molecule has 3 nitrogen and oxygen atoms in total. The number of hydrogen-bond donors (Lipinski definition) is 1. The Morgan fingerprint density at radius 3 is 2.82 bits per heavy atom. The fraction of sp³-hybridized carbons (Fsp3) is 0. The Balaban J connectivity index is 2.47. The minimum Gasteiger partial charge on any atom is -0.384 e. The van der Waals surface area contributed by atoms with E-state index in [1.54, 1.807) is 11.3 Å². The molecule has 3 aromatic heterocycles. The highest BCUT2D eigenvalue weighted by Gasteiger charge is 2.17. The maximum atomic E-state index is 9.31. The smallest absolute Gasteiger partial charge is 0.118 e. The Labute approximate surface area is 102 Å². The Bertz CT molecular complexity index is 717. The second-order valence-corrected chi connectivity index (χ2v) is 4.63. The van der Waals surface area contributed by atoms with Crippen molar-refractivity contribution in [1.82, 2.24) is 4.40 Å². The number of hydrogen-bond acceptors (Lipinski definition) is 3. The first-order valence-electron chi connectivity index (χ1n) is 5.15. The van der Waals surface area contributed by atoms with E-state index in [1.807, 2.05) is 46.3 Å². The topological polar surface area (TPSA) is 54.2 Å². The number of nitriles is 1. The lowest BCUT2D eigenvalue weighted by Gasteiger charge is -1.97. The SMILES string of the molecule is N#Cc1c(-c2cccs2)c(N)n2ccccc12. The zero-order valence-corrected chi connectivity index (χ0v) is 9.74. The largest absolute Gasteiger partial charge is 0.384 e. The zero-order valence-electron chi connectivity index (χ0n) is 8.92. The molecule has 0 radical (unpaired) electrons. The van der Waals surface area contributed by atoms with Crippen molar-refractivity contribution in [1.29, 1.82) is 5.26 Å². The van der Waals surface area contributed by atoms with Crippen molar-refractivity contribution in [2.75, 3.05) is 5.73 Å². The standard InChI is InChI=1S/C13H9N3S/c14-8-9-10-4-1-2-6-16(10)13(15)12(9)11-5-3-7-17-11/h1-7H,15H2. The summed E-state index contributed by atoms with van der Waals surface area (Å²) in [7, 11) is 0. The van der Waals surface area contributed by atoms with Gasteiger partial charge in [-0.05, 0) is 23.6 Å². The van der Waals surface area contributed by atoms with Gasteiger partial charge >= 0.3 is 0 Å². The van der Waals surface area contributed by atoms with E-state index in [9.17, 15) is 5.26 Å². The fourth-order valence-corrected chi connectivity index (χ4v) is 2.80. The summed E-state index contributed by atoms with van der Waals surface area (Å²) in [6, 6.07) is 11.9.